The van der Waals surface area contributed by atoms with E-state index in [1.54, 1.807) is 13.4 Å². The van der Waals surface area contributed by atoms with Crippen LogP contribution in [0.5, 0.6) is 0 Å². The van der Waals surface area contributed by atoms with Gasteiger partial charge in [-0.25, -0.2) is 0 Å². The maximum Gasteiger partial charge on any atom is 0.191 e. The second-order valence-corrected chi connectivity index (χ2v) is 6.28. The lowest BCUT2D eigenvalue weighted by Crippen LogP contribution is -2.44. The number of guanidine groups is 1. The van der Waals surface area contributed by atoms with E-state index in [1.807, 2.05) is 29.8 Å². The fourth-order valence-electron chi connectivity index (χ4n) is 2.80. The van der Waals surface area contributed by atoms with E-state index in [4.69, 9.17) is 11.6 Å². The van der Waals surface area contributed by atoms with Crippen molar-refractivity contribution in [3.8, 4) is 0 Å². The molecule has 1 aliphatic heterocycles. The maximum absolute atomic E-state index is 6.08. The summed E-state index contributed by atoms with van der Waals surface area (Å²) in [6.07, 6.45) is 2.74. The van der Waals surface area contributed by atoms with E-state index >= 15 is 0 Å². The SMILES string of the molecule is CN=C(NCc1nncn1C)NC1CCN(c2cccc(Cl)c2)C1.I. The minimum atomic E-state index is 0. The topological polar surface area (TPSA) is 70.4 Å². The van der Waals surface area contributed by atoms with Crippen LogP contribution in [-0.4, -0.2) is 46.9 Å². The first-order chi connectivity index (χ1) is 11.7. The van der Waals surface area contributed by atoms with E-state index < -0.39 is 0 Å². The summed E-state index contributed by atoms with van der Waals surface area (Å²) in [6, 6.07) is 8.32. The van der Waals surface area contributed by atoms with Crippen molar-refractivity contribution >= 4 is 47.2 Å². The van der Waals surface area contributed by atoms with Gasteiger partial charge in [-0.05, 0) is 24.6 Å². The average Bonchev–Trinajstić information content (AvgIpc) is 3.20. The molecule has 2 heterocycles. The molecular formula is C16H23ClIN7. The van der Waals surface area contributed by atoms with Crippen LogP contribution in [0.4, 0.5) is 5.69 Å². The van der Waals surface area contributed by atoms with E-state index in [-0.39, 0.29) is 24.0 Å². The quantitative estimate of drug-likeness (QED) is 0.402. The summed E-state index contributed by atoms with van der Waals surface area (Å²) in [7, 11) is 3.70. The van der Waals surface area contributed by atoms with E-state index in [0.717, 1.165) is 42.0 Å². The lowest BCUT2D eigenvalue weighted by atomic mass is 10.3. The van der Waals surface area contributed by atoms with Crippen LogP contribution >= 0.6 is 35.6 Å². The molecule has 1 aromatic carbocycles. The van der Waals surface area contributed by atoms with Gasteiger partial charge in [0.1, 0.15) is 6.33 Å². The number of aromatic nitrogens is 3. The molecule has 25 heavy (non-hydrogen) atoms. The Kier molecular flexibility index (Phi) is 7.30. The van der Waals surface area contributed by atoms with Gasteiger partial charge in [0.2, 0.25) is 0 Å². The summed E-state index contributed by atoms with van der Waals surface area (Å²) in [5.74, 6) is 1.64. The monoisotopic (exact) mass is 475 g/mol. The number of hydrogen-bond donors (Lipinski definition) is 2. The van der Waals surface area contributed by atoms with Gasteiger partial charge in [0, 0.05) is 43.9 Å². The average molecular weight is 476 g/mol. The van der Waals surface area contributed by atoms with Crippen LogP contribution in [0.1, 0.15) is 12.2 Å². The lowest BCUT2D eigenvalue weighted by Gasteiger charge is -2.20. The summed E-state index contributed by atoms with van der Waals surface area (Å²) in [4.78, 5) is 6.62. The predicted octanol–water partition coefficient (Wildman–Crippen LogP) is 2.03. The highest BCUT2D eigenvalue weighted by Gasteiger charge is 2.23. The van der Waals surface area contributed by atoms with Gasteiger partial charge in [-0.3, -0.25) is 4.99 Å². The highest BCUT2D eigenvalue weighted by Crippen LogP contribution is 2.23. The number of nitrogens with zero attached hydrogens (tertiary/aromatic N) is 5. The Bertz CT molecular complexity index is 718. The Balaban J connectivity index is 0.00000225. The number of rotatable bonds is 4. The van der Waals surface area contributed by atoms with E-state index in [1.165, 1.54) is 0 Å². The molecule has 0 radical (unpaired) electrons. The standard InChI is InChI=1S/C16H22ClN7.HI/c1-18-16(19-9-15-22-20-11-23(15)2)21-13-6-7-24(10-13)14-5-3-4-12(17)8-14;/h3-5,8,11,13H,6-7,9-10H2,1-2H3,(H2,18,19,21);1H. The second-order valence-electron chi connectivity index (χ2n) is 5.84. The van der Waals surface area contributed by atoms with Crippen molar-refractivity contribution < 1.29 is 0 Å². The number of aryl methyl sites for hydroxylation is 1. The Morgan fingerprint density at radius 2 is 2.28 bits per heavy atom. The minimum absolute atomic E-state index is 0. The summed E-state index contributed by atoms with van der Waals surface area (Å²) in [6.45, 7) is 2.50. The molecule has 1 aromatic heterocycles. The van der Waals surface area contributed by atoms with Crippen LogP contribution in [0.25, 0.3) is 0 Å². The second kappa shape index (κ2) is 9.23. The molecule has 0 spiro atoms. The van der Waals surface area contributed by atoms with E-state index in [0.29, 0.717) is 12.6 Å². The number of anilines is 1. The van der Waals surface area contributed by atoms with Crippen LogP contribution in [0.3, 0.4) is 0 Å². The first-order valence-corrected chi connectivity index (χ1v) is 8.34. The van der Waals surface area contributed by atoms with Gasteiger partial charge in [-0.1, -0.05) is 17.7 Å². The number of benzene rings is 1. The third kappa shape index (κ3) is 5.21. The van der Waals surface area contributed by atoms with Crippen molar-refractivity contribution in [1.82, 2.24) is 25.4 Å². The smallest absolute Gasteiger partial charge is 0.191 e. The molecule has 0 saturated carbocycles. The summed E-state index contributed by atoms with van der Waals surface area (Å²) >= 11 is 6.08. The predicted molar refractivity (Wildman–Crippen MR) is 112 cm³/mol. The summed E-state index contributed by atoms with van der Waals surface area (Å²) < 4.78 is 1.89. The van der Waals surface area contributed by atoms with Crippen LogP contribution in [0.2, 0.25) is 5.02 Å². The van der Waals surface area contributed by atoms with Gasteiger partial charge in [-0.15, -0.1) is 34.2 Å². The molecule has 0 amide bonds. The molecular weight excluding hydrogens is 453 g/mol. The molecule has 1 atom stereocenters. The number of hydrogen-bond acceptors (Lipinski definition) is 4. The largest absolute Gasteiger partial charge is 0.369 e. The zero-order valence-corrected chi connectivity index (χ0v) is 17.4. The molecule has 2 N–H and O–H groups in total. The highest BCUT2D eigenvalue weighted by molar-refractivity contribution is 14.0. The van der Waals surface area contributed by atoms with Crippen molar-refractivity contribution in [1.29, 1.82) is 0 Å². The van der Waals surface area contributed by atoms with Crippen molar-refractivity contribution in [3.63, 3.8) is 0 Å². The fourth-order valence-corrected chi connectivity index (χ4v) is 2.99. The number of aliphatic imine (C=N–C) groups is 1. The van der Waals surface area contributed by atoms with Gasteiger partial charge in [0.05, 0.1) is 6.54 Å². The maximum atomic E-state index is 6.08. The van der Waals surface area contributed by atoms with Gasteiger partial charge in [0.15, 0.2) is 11.8 Å². The van der Waals surface area contributed by atoms with Crippen LogP contribution in [-0.2, 0) is 13.6 Å². The summed E-state index contributed by atoms with van der Waals surface area (Å²) in [5, 5.41) is 15.5. The molecule has 9 heteroatoms. The van der Waals surface area contributed by atoms with Gasteiger partial charge < -0.3 is 20.1 Å². The molecule has 1 aliphatic rings. The van der Waals surface area contributed by atoms with Crippen molar-refractivity contribution in [2.75, 3.05) is 25.0 Å². The molecule has 1 fully saturated rings. The molecule has 0 bridgehead atoms. The first kappa shape index (κ1) is 19.8. The third-order valence-corrected chi connectivity index (χ3v) is 4.38. The fraction of sp³-hybridized carbons (Fsp3) is 0.438. The molecule has 1 saturated heterocycles. The Morgan fingerprint density at radius 1 is 1.44 bits per heavy atom. The van der Waals surface area contributed by atoms with E-state index in [9.17, 15) is 0 Å². The molecule has 136 valence electrons. The zero-order valence-electron chi connectivity index (χ0n) is 14.3. The normalized spacial score (nSPS) is 17.3. The van der Waals surface area contributed by atoms with E-state index in [2.05, 4.69) is 36.8 Å². The lowest BCUT2D eigenvalue weighted by molar-refractivity contribution is 0.640. The number of nitrogens with one attached hydrogen (secondary N) is 2. The Labute approximate surface area is 169 Å². The minimum Gasteiger partial charge on any atom is -0.369 e. The van der Waals surface area contributed by atoms with Crippen molar-refractivity contribution in [2.45, 2.75) is 19.0 Å². The highest BCUT2D eigenvalue weighted by atomic mass is 127. The third-order valence-electron chi connectivity index (χ3n) is 4.15. The van der Waals surface area contributed by atoms with Crippen molar-refractivity contribution in [3.05, 3.63) is 41.4 Å². The van der Waals surface area contributed by atoms with Crippen LogP contribution in [0, 0.1) is 0 Å². The van der Waals surface area contributed by atoms with Gasteiger partial charge >= 0.3 is 0 Å². The molecule has 7 nitrogen and oxygen atoms in total. The molecule has 3 rings (SSSR count). The molecule has 1 unspecified atom stereocenters. The number of halogens is 2. The van der Waals surface area contributed by atoms with Gasteiger partial charge in [-0.2, -0.15) is 0 Å². The van der Waals surface area contributed by atoms with Crippen LogP contribution in [0.15, 0.2) is 35.6 Å². The summed E-state index contributed by atoms with van der Waals surface area (Å²) in [5.41, 5.74) is 1.16. The van der Waals surface area contributed by atoms with Crippen molar-refractivity contribution in [2.24, 2.45) is 12.0 Å². The first-order valence-electron chi connectivity index (χ1n) is 7.96. The zero-order chi connectivity index (χ0) is 16.9. The molecule has 0 aliphatic carbocycles. The Morgan fingerprint density at radius 3 is 2.96 bits per heavy atom. The molecule has 2 aromatic rings. The van der Waals surface area contributed by atoms with Crippen LogP contribution < -0.4 is 15.5 Å². The van der Waals surface area contributed by atoms with Gasteiger partial charge in [0.25, 0.3) is 0 Å². The Hall–Kier alpha value is -1.55.